The molecule has 0 atom stereocenters. The van der Waals surface area contributed by atoms with Crippen LogP contribution in [0, 0.1) is 0 Å². The van der Waals surface area contributed by atoms with E-state index in [-0.39, 0.29) is 7.43 Å². The van der Waals surface area contributed by atoms with Crippen molar-refractivity contribution in [3.05, 3.63) is 41.2 Å². The van der Waals surface area contributed by atoms with Gasteiger partial charge in [-0.3, -0.25) is 0 Å². The molecule has 0 aliphatic heterocycles. The molecule has 2 heterocycles. The fourth-order valence-corrected chi connectivity index (χ4v) is 4.82. The van der Waals surface area contributed by atoms with Crippen molar-refractivity contribution in [3.63, 3.8) is 0 Å². The second kappa shape index (κ2) is 12.3. The van der Waals surface area contributed by atoms with E-state index in [0.717, 1.165) is 45.5 Å². The van der Waals surface area contributed by atoms with Crippen LogP contribution in [0.3, 0.4) is 0 Å². The summed E-state index contributed by atoms with van der Waals surface area (Å²) in [5.41, 5.74) is 3.05. The summed E-state index contributed by atoms with van der Waals surface area (Å²) in [5.74, 6) is 0. The molecular formula is C13H7BBr2Cl4N5S3. The van der Waals surface area contributed by atoms with Gasteiger partial charge in [-0.25, -0.2) is 0 Å². The zero-order valence-corrected chi connectivity index (χ0v) is 21.2. The average Bonchev–Trinajstić information content (AvgIpc) is 3.29. The number of rotatable bonds is 0. The van der Waals surface area contributed by atoms with Crippen LogP contribution in [0.15, 0.2) is 25.4 Å². The second-order valence-corrected chi connectivity index (χ2v) is 8.80. The molecule has 2 aromatic heterocycles. The Labute approximate surface area is 212 Å². The first-order valence-corrected chi connectivity index (χ1v) is 11.3. The minimum atomic E-state index is 0. The monoisotopic (exact) mass is 638 g/mol. The van der Waals surface area contributed by atoms with E-state index in [9.17, 15) is 0 Å². The van der Waals surface area contributed by atoms with E-state index in [2.05, 4.69) is 74.1 Å². The number of benzene rings is 2. The predicted octanol–water partition coefficient (Wildman–Crippen LogP) is 8.34. The van der Waals surface area contributed by atoms with Crippen molar-refractivity contribution in [2.24, 2.45) is 4.30 Å². The molecule has 0 amide bonds. The van der Waals surface area contributed by atoms with Crippen molar-refractivity contribution in [3.8, 4) is 0 Å². The summed E-state index contributed by atoms with van der Waals surface area (Å²) in [7, 11) is 4.34. The molecule has 0 fully saturated rings. The van der Waals surface area contributed by atoms with Gasteiger partial charge in [-0.2, -0.15) is 17.5 Å². The first-order valence-electron chi connectivity index (χ1n) is 6.37. The van der Waals surface area contributed by atoms with Crippen LogP contribution in [0.5, 0.6) is 0 Å². The van der Waals surface area contributed by atoms with Gasteiger partial charge in [0.2, 0.25) is 0 Å². The fraction of sp³-hybridized carbons (Fsp3) is 0.0769. The van der Waals surface area contributed by atoms with E-state index < -0.39 is 0 Å². The van der Waals surface area contributed by atoms with Crippen molar-refractivity contribution in [2.75, 3.05) is 0 Å². The van der Waals surface area contributed by atoms with Gasteiger partial charge >= 0.3 is 24.8 Å². The molecule has 5 nitrogen and oxygen atoms in total. The van der Waals surface area contributed by atoms with Crippen molar-refractivity contribution < 1.29 is 0 Å². The quantitative estimate of drug-likeness (QED) is 0.0908. The van der Waals surface area contributed by atoms with Gasteiger partial charge in [0, 0.05) is 0 Å². The van der Waals surface area contributed by atoms with Gasteiger partial charge in [-0.05, 0) is 44.0 Å². The molecule has 15 heteroatoms. The molecule has 4 aromatic rings. The van der Waals surface area contributed by atoms with Gasteiger partial charge in [0.15, 0.2) is 0 Å². The van der Waals surface area contributed by atoms with Gasteiger partial charge in [-0.15, -0.1) is 0 Å². The molecule has 2 aromatic carbocycles. The van der Waals surface area contributed by atoms with E-state index in [4.69, 9.17) is 46.4 Å². The summed E-state index contributed by atoms with van der Waals surface area (Å²) >= 11 is 35.5. The van der Waals surface area contributed by atoms with Crippen LogP contribution in [-0.4, -0.2) is 25.1 Å². The van der Waals surface area contributed by atoms with Crippen LogP contribution < -0.4 is 0 Å². The summed E-state index contributed by atoms with van der Waals surface area (Å²) in [4.78, 5) is 0. The summed E-state index contributed by atoms with van der Waals surface area (Å²) in [5, 5.41) is 1.95. The maximum absolute atomic E-state index is 5.95. The summed E-state index contributed by atoms with van der Waals surface area (Å²) in [6, 6.07) is 3.42. The van der Waals surface area contributed by atoms with Crippen LogP contribution in [-0.2, 0) is 0 Å². The van der Waals surface area contributed by atoms with Crippen molar-refractivity contribution in [1.29, 1.82) is 0 Å². The van der Waals surface area contributed by atoms with Crippen molar-refractivity contribution in [2.45, 2.75) is 7.43 Å². The first kappa shape index (κ1) is 26.5. The Bertz CT molecular complexity index is 1030. The molecule has 28 heavy (non-hydrogen) atoms. The standard InChI is InChI=1S/C6Br2Cl2N2S.C6H2Cl2N2S.CH4.BHNS/c7-1-3(9)4(10)2(8)6-5(1)11-13-12-6;7-3-1-5-6(2-4(3)8)10-11-9-5;;1-2-3/h;1-2H;1H4;3H. The molecule has 0 saturated heterocycles. The van der Waals surface area contributed by atoms with E-state index in [0.29, 0.717) is 29.0 Å². The Morgan fingerprint density at radius 2 is 1.14 bits per heavy atom. The van der Waals surface area contributed by atoms with Crippen LogP contribution in [0.25, 0.3) is 22.1 Å². The maximum atomic E-state index is 5.95. The number of thiol groups is 1. The van der Waals surface area contributed by atoms with Gasteiger partial charge < -0.3 is 0 Å². The SMILES string of the molecule is C.Clc1c(Cl)c(Br)c2nsnc2c1Br.Clc1cc2nsnc2cc1Cl.[B]=NS. The molecule has 4 rings (SSSR count). The average molecular weight is 642 g/mol. The molecule has 147 valence electrons. The number of hydrogen-bond acceptors (Lipinski definition) is 8. The molecule has 0 bridgehead atoms. The third-order valence-electron chi connectivity index (χ3n) is 2.78. The Balaban J connectivity index is 0.000000241. The third kappa shape index (κ3) is 6.21. The Hall–Kier alpha value is 0.415. The number of hydrogen-bond donors (Lipinski definition) is 1. The Morgan fingerprint density at radius 3 is 1.50 bits per heavy atom. The predicted molar refractivity (Wildman–Crippen MR) is 134 cm³/mol. The zero-order chi connectivity index (χ0) is 20.1. The minimum absolute atomic E-state index is 0. The van der Waals surface area contributed by atoms with E-state index >= 15 is 0 Å². The summed E-state index contributed by atoms with van der Waals surface area (Å²) in [6.07, 6.45) is 0. The molecule has 1 radical (unpaired) electrons. The van der Waals surface area contributed by atoms with Gasteiger partial charge in [0.05, 0.1) is 52.5 Å². The van der Waals surface area contributed by atoms with Crippen molar-refractivity contribution >= 4 is 144 Å². The zero-order valence-electron chi connectivity index (χ0n) is 12.5. The van der Waals surface area contributed by atoms with Crippen LogP contribution in [0.4, 0.5) is 0 Å². The number of aromatic nitrogens is 4. The Morgan fingerprint density at radius 1 is 0.821 bits per heavy atom. The number of halogens is 6. The van der Waals surface area contributed by atoms with Gasteiger partial charge in [-0.1, -0.05) is 53.8 Å². The number of nitrogens with zero attached hydrogens (tertiary/aromatic N) is 5. The molecule has 0 unspecified atom stereocenters. The van der Waals surface area contributed by atoms with E-state index in [1.807, 2.05) is 0 Å². The normalized spacial score (nSPS) is 9.79. The van der Waals surface area contributed by atoms with Gasteiger partial charge in [0.1, 0.15) is 22.1 Å². The second-order valence-electron chi connectivity index (χ2n) is 4.35. The van der Waals surface area contributed by atoms with Gasteiger partial charge in [0.25, 0.3) is 0 Å². The molecule has 0 spiro atoms. The topological polar surface area (TPSA) is 63.9 Å². The Kier molecular flexibility index (Phi) is 11.6. The van der Waals surface area contributed by atoms with Crippen LogP contribution in [0.2, 0.25) is 20.1 Å². The van der Waals surface area contributed by atoms with Crippen LogP contribution >= 0.6 is 115 Å². The summed E-state index contributed by atoms with van der Waals surface area (Å²) in [6.45, 7) is 0. The molecule has 0 saturated carbocycles. The molecular weight excluding hydrogens is 635 g/mol. The van der Waals surface area contributed by atoms with Crippen molar-refractivity contribution in [1.82, 2.24) is 17.5 Å². The summed E-state index contributed by atoms with van der Waals surface area (Å²) < 4.78 is 20.3. The molecule has 0 aliphatic rings. The van der Waals surface area contributed by atoms with E-state index in [1.165, 1.54) is 0 Å². The van der Waals surface area contributed by atoms with E-state index in [1.54, 1.807) is 12.1 Å². The fourth-order valence-electron chi connectivity index (χ4n) is 1.66. The number of fused-ring (bicyclic) bond motifs is 2. The molecule has 0 N–H and O–H groups in total. The first-order chi connectivity index (χ1) is 12.8. The van der Waals surface area contributed by atoms with Crippen LogP contribution in [0.1, 0.15) is 7.43 Å². The third-order valence-corrected chi connectivity index (χ3v) is 7.44. The molecule has 0 aliphatic carbocycles.